The van der Waals surface area contributed by atoms with Crippen LogP contribution in [0, 0.1) is 0 Å². The monoisotopic (exact) mass is 551 g/mol. The number of hydrogen-bond acceptors (Lipinski definition) is 6. The number of nitrogens with zero attached hydrogens (tertiary/aromatic N) is 6. The molecule has 2 aromatic carbocycles. The lowest BCUT2D eigenvalue weighted by Gasteiger charge is -2.31. The van der Waals surface area contributed by atoms with Gasteiger partial charge in [0.05, 0.1) is 18.4 Å². The third-order valence-electron chi connectivity index (χ3n) is 7.49. The number of anilines is 2. The summed E-state index contributed by atoms with van der Waals surface area (Å²) in [6.45, 7) is 12.2. The van der Waals surface area contributed by atoms with Crippen LogP contribution >= 0.6 is 0 Å². The minimum absolute atomic E-state index is 0.349. The van der Waals surface area contributed by atoms with Crippen LogP contribution in [0.1, 0.15) is 49.9 Å². The van der Waals surface area contributed by atoms with Gasteiger partial charge >= 0.3 is 6.18 Å². The highest BCUT2D eigenvalue weighted by Crippen LogP contribution is 2.30. The molecule has 0 saturated carbocycles. The average molecular weight is 552 g/mol. The summed E-state index contributed by atoms with van der Waals surface area (Å²) in [4.78, 5) is 19.1. The number of rotatable bonds is 9. The van der Waals surface area contributed by atoms with Crippen molar-refractivity contribution in [3.05, 3.63) is 77.1 Å². The summed E-state index contributed by atoms with van der Waals surface area (Å²) in [5.74, 6) is 1.28. The van der Waals surface area contributed by atoms with E-state index in [1.54, 1.807) is 6.33 Å². The Kier molecular flexibility index (Phi) is 7.98. The molecule has 40 heavy (non-hydrogen) atoms. The van der Waals surface area contributed by atoms with E-state index in [-0.39, 0.29) is 0 Å². The van der Waals surface area contributed by atoms with Crippen LogP contribution in [0.4, 0.5) is 24.9 Å². The fraction of sp³-hybridized carbons (Fsp3) is 0.433. The fourth-order valence-corrected chi connectivity index (χ4v) is 5.39. The van der Waals surface area contributed by atoms with Crippen LogP contribution in [0.25, 0.3) is 11.2 Å². The Morgan fingerprint density at radius 3 is 2.33 bits per heavy atom. The first-order valence-corrected chi connectivity index (χ1v) is 13.8. The van der Waals surface area contributed by atoms with Gasteiger partial charge in [0.15, 0.2) is 17.0 Å². The van der Waals surface area contributed by atoms with Crippen molar-refractivity contribution >= 4 is 22.9 Å². The molecular formula is C30H36F3N7. The van der Waals surface area contributed by atoms with Gasteiger partial charge in [0.1, 0.15) is 0 Å². The van der Waals surface area contributed by atoms with Gasteiger partial charge in [-0.1, -0.05) is 36.4 Å². The number of halogens is 3. The van der Waals surface area contributed by atoms with Crippen molar-refractivity contribution in [2.75, 3.05) is 29.9 Å². The van der Waals surface area contributed by atoms with Gasteiger partial charge in [-0.05, 0) is 62.9 Å². The summed E-state index contributed by atoms with van der Waals surface area (Å²) >= 11 is 0. The zero-order valence-corrected chi connectivity index (χ0v) is 23.4. The van der Waals surface area contributed by atoms with Crippen LogP contribution in [-0.4, -0.2) is 56.1 Å². The fourth-order valence-electron chi connectivity index (χ4n) is 5.39. The normalized spacial score (nSPS) is 14.0. The molecular weight excluding hydrogens is 515 g/mol. The summed E-state index contributed by atoms with van der Waals surface area (Å²) in [6, 6.07) is 14.5. The topological polar surface area (TPSA) is 62.1 Å². The molecule has 1 N–H and O–H groups in total. The van der Waals surface area contributed by atoms with E-state index in [1.165, 1.54) is 23.3 Å². The number of fused-ring (bicyclic) bond motifs is 2. The largest absolute Gasteiger partial charge is 0.416 e. The van der Waals surface area contributed by atoms with Gasteiger partial charge in [0.25, 0.3) is 0 Å². The minimum atomic E-state index is -4.36. The molecule has 0 atom stereocenters. The van der Waals surface area contributed by atoms with E-state index >= 15 is 0 Å². The lowest BCUT2D eigenvalue weighted by atomic mass is 10.0. The van der Waals surface area contributed by atoms with E-state index in [0.29, 0.717) is 54.6 Å². The Balaban J connectivity index is 1.46. The zero-order chi connectivity index (χ0) is 28.4. The maximum absolute atomic E-state index is 13.1. The van der Waals surface area contributed by atoms with Gasteiger partial charge < -0.3 is 14.8 Å². The molecule has 0 unspecified atom stereocenters. The van der Waals surface area contributed by atoms with Crippen LogP contribution in [0.15, 0.2) is 54.9 Å². The Labute approximate surface area is 233 Å². The van der Waals surface area contributed by atoms with Crippen molar-refractivity contribution in [3.63, 3.8) is 0 Å². The number of aromatic nitrogens is 4. The second-order valence-corrected chi connectivity index (χ2v) is 10.9. The Hall–Kier alpha value is -3.66. The first-order valence-electron chi connectivity index (χ1n) is 13.8. The molecule has 7 nitrogen and oxygen atoms in total. The van der Waals surface area contributed by atoms with Crippen molar-refractivity contribution in [1.82, 2.24) is 24.4 Å². The van der Waals surface area contributed by atoms with Crippen molar-refractivity contribution < 1.29 is 13.2 Å². The molecule has 4 aromatic rings. The predicted molar refractivity (Wildman–Crippen MR) is 153 cm³/mol. The summed E-state index contributed by atoms with van der Waals surface area (Å²) < 4.78 is 41.0. The third-order valence-corrected chi connectivity index (χ3v) is 7.49. The maximum atomic E-state index is 13.1. The number of imidazole rings is 1. The number of benzene rings is 2. The molecule has 0 aliphatic carbocycles. The van der Waals surface area contributed by atoms with Gasteiger partial charge in [-0.25, -0.2) is 4.98 Å². The molecule has 0 radical (unpaired) electrons. The molecule has 3 heterocycles. The lowest BCUT2D eigenvalue weighted by Crippen LogP contribution is -2.40. The van der Waals surface area contributed by atoms with Gasteiger partial charge in [0.2, 0.25) is 5.95 Å². The van der Waals surface area contributed by atoms with E-state index in [2.05, 4.69) is 66.0 Å². The van der Waals surface area contributed by atoms with E-state index < -0.39 is 11.7 Å². The first-order chi connectivity index (χ1) is 19.1. The lowest BCUT2D eigenvalue weighted by molar-refractivity contribution is -0.137. The average Bonchev–Trinajstić information content (AvgIpc) is 3.32. The van der Waals surface area contributed by atoms with E-state index in [4.69, 9.17) is 9.97 Å². The summed E-state index contributed by atoms with van der Waals surface area (Å²) in [6.07, 6.45) is -1.77. The SMILES string of the molecule is CC(C)N(CCNc1nc(N2CCc3ccccc3C2)nc2c1ncn2Cc1ccc(C(F)(F)F)cc1)C(C)C. The highest BCUT2D eigenvalue weighted by atomic mass is 19.4. The Bertz CT molecular complexity index is 1440. The number of alkyl halides is 3. The van der Waals surface area contributed by atoms with Crippen molar-refractivity contribution in [1.29, 1.82) is 0 Å². The summed E-state index contributed by atoms with van der Waals surface area (Å²) in [5.41, 5.74) is 3.97. The maximum Gasteiger partial charge on any atom is 0.416 e. The second-order valence-electron chi connectivity index (χ2n) is 10.9. The Morgan fingerprint density at radius 2 is 1.65 bits per heavy atom. The second kappa shape index (κ2) is 11.4. The smallest absolute Gasteiger partial charge is 0.367 e. The summed E-state index contributed by atoms with van der Waals surface area (Å²) in [5, 5.41) is 3.51. The van der Waals surface area contributed by atoms with Crippen LogP contribution in [0.2, 0.25) is 0 Å². The van der Waals surface area contributed by atoms with Gasteiger partial charge in [-0.2, -0.15) is 23.1 Å². The first kappa shape index (κ1) is 27.9. The predicted octanol–water partition coefficient (Wildman–Crippen LogP) is 5.99. The third kappa shape index (κ3) is 6.06. The van der Waals surface area contributed by atoms with Gasteiger partial charge in [-0.3, -0.25) is 4.90 Å². The molecule has 0 fully saturated rings. The molecule has 212 valence electrons. The highest BCUT2D eigenvalue weighted by molar-refractivity contribution is 5.84. The van der Waals surface area contributed by atoms with Crippen LogP contribution < -0.4 is 10.2 Å². The quantitative estimate of drug-likeness (QED) is 0.276. The van der Waals surface area contributed by atoms with Crippen LogP contribution in [-0.2, 0) is 25.7 Å². The van der Waals surface area contributed by atoms with E-state index in [0.717, 1.165) is 37.2 Å². The van der Waals surface area contributed by atoms with Crippen LogP contribution in [0.5, 0.6) is 0 Å². The Morgan fingerprint density at radius 1 is 0.950 bits per heavy atom. The van der Waals surface area contributed by atoms with Crippen molar-refractivity contribution in [2.45, 2.75) is 65.5 Å². The minimum Gasteiger partial charge on any atom is -0.367 e. The molecule has 0 spiro atoms. The summed E-state index contributed by atoms with van der Waals surface area (Å²) in [7, 11) is 0. The molecule has 5 rings (SSSR count). The highest BCUT2D eigenvalue weighted by Gasteiger charge is 2.30. The zero-order valence-electron chi connectivity index (χ0n) is 23.4. The molecule has 0 saturated heterocycles. The van der Waals surface area contributed by atoms with Crippen LogP contribution in [0.3, 0.4) is 0 Å². The molecule has 1 aliphatic heterocycles. The van der Waals surface area contributed by atoms with Crippen molar-refractivity contribution in [3.8, 4) is 0 Å². The van der Waals surface area contributed by atoms with E-state index in [9.17, 15) is 13.2 Å². The molecule has 10 heteroatoms. The number of nitrogens with one attached hydrogen (secondary N) is 1. The molecule has 1 aliphatic rings. The molecule has 0 amide bonds. The number of hydrogen-bond donors (Lipinski definition) is 1. The van der Waals surface area contributed by atoms with E-state index in [1.807, 2.05) is 10.6 Å². The van der Waals surface area contributed by atoms with Gasteiger partial charge in [0, 0.05) is 38.3 Å². The molecule has 0 bridgehead atoms. The van der Waals surface area contributed by atoms with Gasteiger partial charge in [-0.15, -0.1) is 0 Å². The van der Waals surface area contributed by atoms with Crippen molar-refractivity contribution in [2.24, 2.45) is 0 Å². The standard InChI is InChI=1S/C30H36F3N7/c1-20(2)40(21(3)4)16-14-34-27-26-28(37-29(36-27)38-15-13-23-7-5-6-8-24(23)18-38)39(19-35-26)17-22-9-11-25(12-10-22)30(31,32)33/h5-12,19-21H,13-18H2,1-4H3,(H,34,36,37). The molecule has 2 aromatic heterocycles.